The lowest BCUT2D eigenvalue weighted by molar-refractivity contribution is -0.301. The van der Waals surface area contributed by atoms with Crippen LogP contribution < -0.4 is 10.0 Å². The van der Waals surface area contributed by atoms with Crippen molar-refractivity contribution in [3.8, 4) is 0 Å². The van der Waals surface area contributed by atoms with E-state index in [1.54, 1.807) is 6.07 Å². The van der Waals surface area contributed by atoms with Gasteiger partial charge in [0.25, 0.3) is 0 Å². The van der Waals surface area contributed by atoms with E-state index >= 15 is 0 Å². The number of hydrogen-bond acceptors (Lipinski definition) is 7. The average molecular weight is 386 g/mol. The van der Waals surface area contributed by atoms with Crippen LogP contribution in [0.5, 0.6) is 0 Å². The lowest BCUT2D eigenvalue weighted by Gasteiger charge is -2.40. The first-order chi connectivity index (χ1) is 11.8. The molecule has 1 aromatic rings. The first-order valence-corrected chi connectivity index (χ1v) is 9.54. The van der Waals surface area contributed by atoms with Crippen molar-refractivity contribution in [3.05, 3.63) is 11.2 Å². The number of carboxylic acids is 1. The topological polar surface area (TPSA) is 89.5 Å². The maximum Gasteiger partial charge on any atom is 0.223 e. The quantitative estimate of drug-likeness (QED) is 0.410. The number of aliphatic carboxylic acids is 1. The normalized spacial score (nSPS) is 17.9. The molecule has 0 radical (unpaired) electrons. The van der Waals surface area contributed by atoms with E-state index in [0.29, 0.717) is 42.9 Å². The Kier molecular flexibility index (Phi) is 6.89. The van der Waals surface area contributed by atoms with Crippen LogP contribution in [0.25, 0.3) is 0 Å². The van der Waals surface area contributed by atoms with Gasteiger partial charge in [-0.2, -0.15) is 0 Å². The average Bonchev–Trinajstić information content (AvgIpc) is 2.51. The first-order valence-electron chi connectivity index (χ1n) is 8.18. The molecule has 0 aliphatic carbocycles. The van der Waals surface area contributed by atoms with Gasteiger partial charge in [-0.25, -0.2) is 9.97 Å². The second kappa shape index (κ2) is 8.71. The molecule has 1 amide bonds. The van der Waals surface area contributed by atoms with Gasteiger partial charge in [0.05, 0.1) is 5.97 Å². The highest BCUT2D eigenvalue weighted by molar-refractivity contribution is 7.99. The van der Waals surface area contributed by atoms with Gasteiger partial charge in [-0.15, -0.1) is 0 Å². The number of piperazine rings is 1. The summed E-state index contributed by atoms with van der Waals surface area (Å²) in [4.78, 5) is 35.3. The van der Waals surface area contributed by atoms with E-state index in [1.165, 1.54) is 0 Å². The number of aromatic nitrogens is 2. The van der Waals surface area contributed by atoms with Crippen LogP contribution in [0.1, 0.15) is 27.2 Å². The number of amides is 1. The summed E-state index contributed by atoms with van der Waals surface area (Å²) in [5, 5.41) is 11.2. The molecule has 1 saturated heterocycles. The van der Waals surface area contributed by atoms with Gasteiger partial charge in [-0.1, -0.05) is 37.2 Å². The Hall–Kier alpha value is -1.54. The minimum atomic E-state index is -1.18. The van der Waals surface area contributed by atoms with Gasteiger partial charge in [0.1, 0.15) is 11.0 Å². The van der Waals surface area contributed by atoms with Crippen LogP contribution in [0.4, 0.5) is 5.82 Å². The number of carboxylic acid groups (broad SMARTS) is 1. The third kappa shape index (κ3) is 5.74. The van der Waals surface area contributed by atoms with Crippen molar-refractivity contribution in [2.45, 2.75) is 38.4 Å². The van der Waals surface area contributed by atoms with Crippen LogP contribution in [-0.2, 0) is 9.59 Å². The summed E-state index contributed by atoms with van der Waals surface area (Å²) in [5.41, 5.74) is 0. The molecule has 25 heavy (non-hydrogen) atoms. The summed E-state index contributed by atoms with van der Waals surface area (Å²) in [6, 6.07) is 1.72. The Bertz CT molecular complexity index is 644. The Morgan fingerprint density at radius 1 is 1.40 bits per heavy atom. The standard InChI is InChI=1S/C16H23ClN4O3S/c1-10(2)6-14(22)21-5-4-20(8-11(21)3)13-7-12(17)18-16(19-13)25-9-15(23)24/h7,10-11H,4-6,8-9H2,1-3H3,(H,23,24)/p-1/t11-/m0/s1. The van der Waals surface area contributed by atoms with Crippen molar-refractivity contribution < 1.29 is 14.7 Å². The molecule has 1 aromatic heterocycles. The van der Waals surface area contributed by atoms with Crippen LogP contribution >= 0.6 is 23.4 Å². The summed E-state index contributed by atoms with van der Waals surface area (Å²) in [7, 11) is 0. The van der Waals surface area contributed by atoms with E-state index in [2.05, 4.69) is 9.97 Å². The molecule has 1 aliphatic heterocycles. The summed E-state index contributed by atoms with van der Waals surface area (Å²) in [6.07, 6.45) is 0.549. The van der Waals surface area contributed by atoms with Gasteiger partial charge < -0.3 is 19.7 Å². The van der Waals surface area contributed by atoms with E-state index in [0.717, 1.165) is 11.8 Å². The van der Waals surface area contributed by atoms with E-state index in [1.807, 2.05) is 30.6 Å². The monoisotopic (exact) mass is 385 g/mol. The molecule has 0 bridgehead atoms. The molecule has 2 heterocycles. The number of carbonyl (C=O) groups is 2. The number of rotatable bonds is 6. The largest absolute Gasteiger partial charge is 0.549 e. The molecule has 1 fully saturated rings. The van der Waals surface area contributed by atoms with Crippen molar-refractivity contribution in [2.75, 3.05) is 30.3 Å². The number of carbonyl (C=O) groups excluding carboxylic acids is 2. The zero-order valence-corrected chi connectivity index (χ0v) is 16.1. The van der Waals surface area contributed by atoms with Gasteiger partial charge in [0.2, 0.25) is 5.91 Å². The fraction of sp³-hybridized carbons (Fsp3) is 0.625. The highest BCUT2D eigenvalue weighted by Crippen LogP contribution is 2.24. The van der Waals surface area contributed by atoms with Gasteiger partial charge >= 0.3 is 0 Å². The van der Waals surface area contributed by atoms with Crippen molar-refractivity contribution >= 4 is 41.1 Å². The summed E-state index contributed by atoms with van der Waals surface area (Å²) < 4.78 is 0. The van der Waals surface area contributed by atoms with Gasteiger partial charge in [0.15, 0.2) is 5.16 Å². The summed E-state index contributed by atoms with van der Waals surface area (Å²) >= 11 is 7.01. The molecule has 1 atom stereocenters. The molecular formula is C16H22ClN4O3S-. The Balaban J connectivity index is 2.06. The molecule has 0 aromatic carbocycles. The smallest absolute Gasteiger partial charge is 0.223 e. The number of halogens is 1. The van der Waals surface area contributed by atoms with Gasteiger partial charge in [-0.05, 0) is 12.8 Å². The third-order valence-corrected chi connectivity index (χ3v) is 4.85. The van der Waals surface area contributed by atoms with Crippen molar-refractivity contribution in [3.63, 3.8) is 0 Å². The number of thioether (sulfide) groups is 1. The van der Waals surface area contributed by atoms with E-state index in [9.17, 15) is 14.7 Å². The predicted molar refractivity (Wildman–Crippen MR) is 95.6 cm³/mol. The van der Waals surface area contributed by atoms with Crippen LogP contribution in [0, 0.1) is 5.92 Å². The highest BCUT2D eigenvalue weighted by Gasteiger charge is 2.28. The fourth-order valence-corrected chi connectivity index (χ4v) is 3.53. The molecule has 0 spiro atoms. The highest BCUT2D eigenvalue weighted by atomic mass is 35.5. The van der Waals surface area contributed by atoms with Gasteiger partial charge in [0, 0.05) is 43.9 Å². The molecule has 9 heteroatoms. The first kappa shape index (κ1) is 19.8. The second-order valence-corrected chi connectivity index (χ2v) is 7.80. The van der Waals surface area contributed by atoms with Crippen molar-refractivity contribution in [1.29, 1.82) is 0 Å². The maximum absolute atomic E-state index is 12.3. The van der Waals surface area contributed by atoms with E-state index < -0.39 is 5.97 Å². The molecule has 2 rings (SSSR count). The molecule has 1 aliphatic rings. The fourth-order valence-electron chi connectivity index (χ4n) is 2.74. The number of hydrogen-bond donors (Lipinski definition) is 0. The second-order valence-electron chi connectivity index (χ2n) is 6.47. The van der Waals surface area contributed by atoms with Crippen molar-refractivity contribution in [1.82, 2.24) is 14.9 Å². The molecule has 138 valence electrons. The third-order valence-electron chi connectivity index (χ3n) is 3.83. The molecule has 7 nitrogen and oxygen atoms in total. The Morgan fingerprint density at radius 2 is 2.12 bits per heavy atom. The van der Waals surface area contributed by atoms with Crippen LogP contribution in [-0.4, -0.2) is 58.2 Å². The van der Waals surface area contributed by atoms with E-state index in [-0.39, 0.29) is 22.9 Å². The predicted octanol–water partition coefficient (Wildman–Crippen LogP) is 1.06. The van der Waals surface area contributed by atoms with E-state index in [4.69, 9.17) is 11.6 Å². The maximum atomic E-state index is 12.3. The minimum Gasteiger partial charge on any atom is -0.549 e. The van der Waals surface area contributed by atoms with Crippen LogP contribution in [0.2, 0.25) is 5.15 Å². The molecule has 0 unspecified atom stereocenters. The lowest BCUT2D eigenvalue weighted by atomic mass is 10.1. The van der Waals surface area contributed by atoms with Gasteiger partial charge in [-0.3, -0.25) is 4.79 Å². The van der Waals surface area contributed by atoms with Crippen molar-refractivity contribution in [2.24, 2.45) is 5.92 Å². The Morgan fingerprint density at radius 3 is 2.72 bits per heavy atom. The van der Waals surface area contributed by atoms with Crippen LogP contribution in [0.15, 0.2) is 11.2 Å². The zero-order valence-electron chi connectivity index (χ0n) is 14.6. The zero-order chi connectivity index (χ0) is 18.6. The summed E-state index contributed by atoms with van der Waals surface area (Å²) in [5.74, 6) is -0.257. The van der Waals surface area contributed by atoms with Crippen LogP contribution in [0.3, 0.4) is 0 Å². The summed E-state index contributed by atoms with van der Waals surface area (Å²) in [6.45, 7) is 7.99. The number of anilines is 1. The molecule has 0 saturated carbocycles. The SMILES string of the molecule is CC(C)CC(=O)N1CCN(c2cc(Cl)nc(SCC(=O)[O-])n2)C[C@@H]1C. The molecule has 0 N–H and O–H groups in total. The Labute approximate surface area is 156 Å². The molecular weight excluding hydrogens is 364 g/mol. The number of nitrogens with zero attached hydrogens (tertiary/aromatic N) is 4. The minimum absolute atomic E-state index is 0.0630. The lowest BCUT2D eigenvalue weighted by Crippen LogP contribution is -2.54.